The van der Waals surface area contributed by atoms with Crippen LogP contribution in [-0.4, -0.2) is 12.9 Å². The predicted molar refractivity (Wildman–Crippen MR) is 93.0 cm³/mol. The Balaban J connectivity index is 2.15. The second-order valence-corrected chi connectivity index (χ2v) is 6.50. The fourth-order valence-electron chi connectivity index (χ4n) is 2.46. The van der Waals surface area contributed by atoms with Crippen molar-refractivity contribution in [3.8, 4) is 5.75 Å². The normalized spacial score (nSPS) is 10.6. The van der Waals surface area contributed by atoms with E-state index < -0.39 is 0 Å². The molecule has 0 bridgehead atoms. The Morgan fingerprint density at radius 1 is 1.18 bits per heavy atom. The molecule has 0 saturated heterocycles. The van der Waals surface area contributed by atoms with Crippen molar-refractivity contribution in [2.24, 2.45) is 0 Å². The van der Waals surface area contributed by atoms with E-state index >= 15 is 0 Å². The van der Waals surface area contributed by atoms with E-state index in [0.29, 0.717) is 21.9 Å². The standard InChI is InChI=1S/C18H23NO2S/c1-3-4-5-6-9-13-12-15(18(19)22-13)17(20)14-10-7-8-11-16(14)21-2/h7-8,10-12H,3-6,9,19H2,1-2H3. The number of unbranched alkanes of at least 4 members (excludes halogenated alkanes) is 3. The molecule has 0 aliphatic rings. The van der Waals surface area contributed by atoms with Gasteiger partial charge < -0.3 is 10.5 Å². The summed E-state index contributed by atoms with van der Waals surface area (Å²) in [5.74, 6) is 0.522. The monoisotopic (exact) mass is 317 g/mol. The van der Waals surface area contributed by atoms with Crippen LogP contribution in [-0.2, 0) is 6.42 Å². The van der Waals surface area contributed by atoms with Gasteiger partial charge in [0, 0.05) is 4.88 Å². The van der Waals surface area contributed by atoms with Crippen molar-refractivity contribution in [3.63, 3.8) is 0 Å². The number of anilines is 1. The molecule has 2 aromatic rings. The Hall–Kier alpha value is -1.81. The third kappa shape index (κ3) is 3.89. The summed E-state index contributed by atoms with van der Waals surface area (Å²) in [4.78, 5) is 13.9. The number of benzene rings is 1. The molecule has 0 saturated carbocycles. The average Bonchev–Trinajstić information content (AvgIpc) is 2.91. The molecule has 22 heavy (non-hydrogen) atoms. The first-order valence-electron chi connectivity index (χ1n) is 7.73. The molecule has 2 N–H and O–H groups in total. The first-order chi connectivity index (χ1) is 10.7. The smallest absolute Gasteiger partial charge is 0.199 e. The molecule has 0 unspecified atom stereocenters. The maximum atomic E-state index is 12.7. The number of hydrogen-bond donors (Lipinski definition) is 1. The number of carbonyl (C=O) groups is 1. The Morgan fingerprint density at radius 3 is 2.68 bits per heavy atom. The average molecular weight is 317 g/mol. The van der Waals surface area contributed by atoms with E-state index in [2.05, 4.69) is 6.92 Å². The second-order valence-electron chi connectivity index (χ2n) is 5.33. The van der Waals surface area contributed by atoms with Crippen molar-refractivity contribution in [2.75, 3.05) is 12.8 Å². The highest BCUT2D eigenvalue weighted by Crippen LogP contribution is 2.30. The number of ketones is 1. The summed E-state index contributed by atoms with van der Waals surface area (Å²) in [5.41, 5.74) is 7.22. The minimum Gasteiger partial charge on any atom is -0.496 e. The lowest BCUT2D eigenvalue weighted by molar-refractivity contribution is 0.103. The molecule has 1 aromatic heterocycles. The zero-order valence-electron chi connectivity index (χ0n) is 13.2. The number of carbonyl (C=O) groups excluding carboxylic acids is 1. The quantitative estimate of drug-likeness (QED) is 0.567. The number of para-hydroxylation sites is 1. The number of nitrogen functional groups attached to an aromatic ring is 1. The Kier molecular flexibility index (Phi) is 6.01. The molecule has 1 heterocycles. The van der Waals surface area contributed by atoms with Gasteiger partial charge in [0.05, 0.1) is 23.2 Å². The van der Waals surface area contributed by atoms with Gasteiger partial charge in [-0.25, -0.2) is 0 Å². The van der Waals surface area contributed by atoms with Gasteiger partial charge in [-0.2, -0.15) is 0 Å². The van der Waals surface area contributed by atoms with E-state index in [1.165, 1.54) is 35.5 Å². The number of nitrogens with two attached hydrogens (primary N) is 1. The lowest BCUT2D eigenvalue weighted by Gasteiger charge is -2.06. The van der Waals surface area contributed by atoms with E-state index in [1.807, 2.05) is 18.2 Å². The Bertz CT molecular complexity index is 634. The zero-order chi connectivity index (χ0) is 15.9. The van der Waals surface area contributed by atoms with Crippen LogP contribution in [0.25, 0.3) is 0 Å². The number of ether oxygens (including phenoxy) is 1. The highest BCUT2D eigenvalue weighted by Gasteiger charge is 2.19. The van der Waals surface area contributed by atoms with Gasteiger partial charge in [-0.3, -0.25) is 4.79 Å². The molecule has 4 heteroatoms. The number of methoxy groups -OCH3 is 1. The number of rotatable bonds is 8. The summed E-state index contributed by atoms with van der Waals surface area (Å²) in [6.07, 6.45) is 5.85. The molecule has 1 aromatic carbocycles. The number of aryl methyl sites for hydroxylation is 1. The van der Waals surface area contributed by atoms with Crippen LogP contribution in [0.1, 0.15) is 53.4 Å². The highest BCUT2D eigenvalue weighted by molar-refractivity contribution is 7.16. The van der Waals surface area contributed by atoms with Crippen molar-refractivity contribution < 1.29 is 9.53 Å². The molecule has 3 nitrogen and oxygen atoms in total. The molecule has 0 fully saturated rings. The van der Waals surface area contributed by atoms with Crippen molar-refractivity contribution >= 4 is 22.1 Å². The van der Waals surface area contributed by atoms with Crippen LogP contribution < -0.4 is 10.5 Å². The molecule has 0 atom stereocenters. The van der Waals surface area contributed by atoms with Crippen molar-refractivity contribution in [1.82, 2.24) is 0 Å². The van der Waals surface area contributed by atoms with E-state index in [0.717, 1.165) is 12.8 Å². The molecule has 0 amide bonds. The maximum Gasteiger partial charge on any atom is 0.199 e. The third-order valence-corrected chi connectivity index (χ3v) is 4.71. The Morgan fingerprint density at radius 2 is 1.95 bits per heavy atom. The summed E-state index contributed by atoms with van der Waals surface area (Å²) in [5, 5.41) is 0.599. The Labute approximate surface area is 136 Å². The van der Waals surface area contributed by atoms with Gasteiger partial charge >= 0.3 is 0 Å². The lowest BCUT2D eigenvalue weighted by Crippen LogP contribution is -2.04. The van der Waals surface area contributed by atoms with Crippen LogP contribution in [0.5, 0.6) is 5.75 Å². The van der Waals surface area contributed by atoms with Gasteiger partial charge in [-0.1, -0.05) is 38.3 Å². The molecule has 0 spiro atoms. The first-order valence-corrected chi connectivity index (χ1v) is 8.55. The SMILES string of the molecule is CCCCCCc1cc(C(=O)c2ccccc2OC)c(N)s1. The summed E-state index contributed by atoms with van der Waals surface area (Å²) in [6, 6.07) is 9.21. The van der Waals surface area contributed by atoms with Crippen LogP contribution in [0.3, 0.4) is 0 Å². The fraction of sp³-hybridized carbons (Fsp3) is 0.389. The number of hydrogen-bond acceptors (Lipinski definition) is 4. The van der Waals surface area contributed by atoms with Crippen molar-refractivity contribution in [1.29, 1.82) is 0 Å². The minimum atomic E-state index is -0.0639. The second kappa shape index (κ2) is 7.99. The molecule has 118 valence electrons. The van der Waals surface area contributed by atoms with Crippen LogP contribution in [0.4, 0.5) is 5.00 Å². The molecule has 0 aliphatic carbocycles. The van der Waals surface area contributed by atoms with Crippen molar-refractivity contribution in [2.45, 2.75) is 39.0 Å². The largest absolute Gasteiger partial charge is 0.496 e. The van der Waals surface area contributed by atoms with Crippen LogP contribution in [0, 0.1) is 0 Å². The van der Waals surface area contributed by atoms with Gasteiger partial charge in [-0.15, -0.1) is 11.3 Å². The fourth-order valence-corrected chi connectivity index (χ4v) is 3.43. The van der Waals surface area contributed by atoms with Gasteiger partial charge in [0.1, 0.15) is 5.75 Å². The van der Waals surface area contributed by atoms with E-state index in [9.17, 15) is 4.79 Å². The summed E-state index contributed by atoms with van der Waals surface area (Å²) in [7, 11) is 1.57. The van der Waals surface area contributed by atoms with E-state index in [1.54, 1.807) is 19.2 Å². The molecular formula is C18H23NO2S. The minimum absolute atomic E-state index is 0.0639. The molecule has 0 aliphatic heterocycles. The maximum absolute atomic E-state index is 12.7. The topological polar surface area (TPSA) is 52.3 Å². The summed E-state index contributed by atoms with van der Waals surface area (Å²) in [6.45, 7) is 2.20. The third-order valence-electron chi connectivity index (χ3n) is 3.68. The van der Waals surface area contributed by atoms with E-state index in [-0.39, 0.29) is 5.78 Å². The van der Waals surface area contributed by atoms with Crippen LogP contribution in [0.15, 0.2) is 30.3 Å². The summed E-state index contributed by atoms with van der Waals surface area (Å²) >= 11 is 1.52. The van der Waals surface area contributed by atoms with Gasteiger partial charge in [-0.05, 0) is 31.0 Å². The summed E-state index contributed by atoms with van der Waals surface area (Å²) < 4.78 is 5.27. The van der Waals surface area contributed by atoms with Crippen LogP contribution >= 0.6 is 11.3 Å². The van der Waals surface area contributed by atoms with Crippen LogP contribution in [0.2, 0.25) is 0 Å². The van der Waals surface area contributed by atoms with Gasteiger partial charge in [0.2, 0.25) is 0 Å². The first kappa shape index (κ1) is 16.6. The lowest BCUT2D eigenvalue weighted by atomic mass is 10.0. The molecule has 2 rings (SSSR count). The zero-order valence-corrected chi connectivity index (χ0v) is 14.0. The molecular weight excluding hydrogens is 294 g/mol. The van der Waals surface area contributed by atoms with E-state index in [4.69, 9.17) is 10.5 Å². The predicted octanol–water partition coefficient (Wildman–Crippen LogP) is 4.69. The van der Waals surface area contributed by atoms with Gasteiger partial charge in [0.15, 0.2) is 5.78 Å². The number of thiophene rings is 1. The van der Waals surface area contributed by atoms with Gasteiger partial charge in [0.25, 0.3) is 0 Å². The molecule has 0 radical (unpaired) electrons. The van der Waals surface area contributed by atoms with Crippen molar-refractivity contribution in [3.05, 3.63) is 46.3 Å². The highest BCUT2D eigenvalue weighted by atomic mass is 32.1.